The molecular weight excluding hydrogens is 375 g/mol. The lowest BCUT2D eigenvalue weighted by Crippen LogP contribution is -2.17. The van der Waals surface area contributed by atoms with Crippen LogP contribution in [0.4, 0.5) is 24.7 Å². The van der Waals surface area contributed by atoms with Gasteiger partial charge in [0.25, 0.3) is 5.91 Å². The Morgan fingerprint density at radius 1 is 1.14 bits per heavy atom. The number of fused-ring (bicyclic) bond motifs is 1. The molecule has 0 atom stereocenters. The van der Waals surface area contributed by atoms with Crippen LogP contribution in [-0.2, 0) is 6.18 Å². The van der Waals surface area contributed by atoms with E-state index < -0.39 is 23.3 Å². The number of hydrogen-bond acceptors (Lipinski definition) is 5. The summed E-state index contributed by atoms with van der Waals surface area (Å²) in [5, 5.41) is 10.1. The zero-order valence-electron chi connectivity index (χ0n) is 14.1. The fraction of sp³-hybridized carbons (Fsp3) is 0.0556. The number of nitrogen functional groups attached to an aromatic ring is 1. The number of aromatic nitrogens is 3. The standard InChI is InChI=1S/C18H12F3N5O2/c19-18(20,21)15-13(17(27)23-10-4-2-1-3-5-10)9-26(24-15)11-6-7-12-14(8-11)28-25-16(12)22/h1-9H,(H2,22,25)(H,23,27). The lowest BCUT2D eigenvalue weighted by Gasteiger charge is -2.07. The van der Waals surface area contributed by atoms with Crippen LogP contribution < -0.4 is 11.1 Å². The minimum Gasteiger partial charge on any atom is -0.380 e. The van der Waals surface area contributed by atoms with E-state index in [0.717, 1.165) is 10.9 Å². The molecule has 0 aliphatic carbocycles. The fourth-order valence-corrected chi connectivity index (χ4v) is 2.69. The average Bonchev–Trinajstić information content (AvgIpc) is 3.27. The van der Waals surface area contributed by atoms with Gasteiger partial charge in [-0.2, -0.15) is 18.3 Å². The first kappa shape index (κ1) is 17.6. The maximum atomic E-state index is 13.4. The van der Waals surface area contributed by atoms with Gasteiger partial charge in [-0.15, -0.1) is 0 Å². The first-order valence-corrected chi connectivity index (χ1v) is 8.01. The van der Waals surface area contributed by atoms with Crippen molar-refractivity contribution in [3.8, 4) is 5.69 Å². The van der Waals surface area contributed by atoms with Gasteiger partial charge in [-0.1, -0.05) is 23.4 Å². The second-order valence-corrected chi connectivity index (χ2v) is 5.90. The molecule has 0 aliphatic heterocycles. The number of para-hydroxylation sites is 1. The van der Waals surface area contributed by atoms with Crippen LogP contribution >= 0.6 is 0 Å². The predicted octanol–water partition coefficient (Wildman–Crippen LogP) is 3.87. The molecule has 4 aromatic rings. The number of nitrogens with two attached hydrogens (primary N) is 1. The zero-order valence-corrected chi connectivity index (χ0v) is 14.1. The summed E-state index contributed by atoms with van der Waals surface area (Å²) in [6.07, 6.45) is -3.79. The molecule has 1 amide bonds. The van der Waals surface area contributed by atoms with Crippen LogP contribution in [0.25, 0.3) is 16.7 Å². The van der Waals surface area contributed by atoms with Gasteiger partial charge in [-0.05, 0) is 24.3 Å². The highest BCUT2D eigenvalue weighted by Crippen LogP contribution is 2.32. The molecule has 142 valence electrons. The van der Waals surface area contributed by atoms with Crippen molar-refractivity contribution in [1.29, 1.82) is 0 Å². The molecule has 0 spiro atoms. The second kappa shape index (κ2) is 6.41. The summed E-state index contributed by atoms with van der Waals surface area (Å²) in [6.45, 7) is 0. The monoisotopic (exact) mass is 387 g/mol. The number of rotatable bonds is 3. The Hall–Kier alpha value is -3.82. The molecule has 0 bridgehead atoms. The van der Waals surface area contributed by atoms with Gasteiger partial charge in [0.2, 0.25) is 0 Å². The van der Waals surface area contributed by atoms with Crippen molar-refractivity contribution < 1.29 is 22.5 Å². The molecule has 0 saturated carbocycles. The van der Waals surface area contributed by atoms with Gasteiger partial charge in [0.1, 0.15) is 0 Å². The van der Waals surface area contributed by atoms with Gasteiger partial charge in [0.15, 0.2) is 17.1 Å². The number of carbonyl (C=O) groups is 1. The van der Waals surface area contributed by atoms with Crippen molar-refractivity contribution in [2.75, 3.05) is 11.1 Å². The number of amides is 1. The van der Waals surface area contributed by atoms with E-state index in [2.05, 4.69) is 15.6 Å². The maximum Gasteiger partial charge on any atom is 0.435 e. The first-order valence-electron chi connectivity index (χ1n) is 8.01. The van der Waals surface area contributed by atoms with Gasteiger partial charge >= 0.3 is 6.18 Å². The van der Waals surface area contributed by atoms with Crippen LogP contribution in [0, 0.1) is 0 Å². The third-order valence-electron chi connectivity index (χ3n) is 4.01. The Kier molecular flexibility index (Phi) is 4.03. The third kappa shape index (κ3) is 3.15. The van der Waals surface area contributed by atoms with E-state index in [-0.39, 0.29) is 17.1 Å². The van der Waals surface area contributed by atoms with Gasteiger partial charge in [-0.3, -0.25) is 4.79 Å². The topological polar surface area (TPSA) is 99.0 Å². The third-order valence-corrected chi connectivity index (χ3v) is 4.01. The van der Waals surface area contributed by atoms with Crippen molar-refractivity contribution in [2.45, 2.75) is 6.18 Å². The molecule has 4 rings (SSSR count). The number of hydrogen-bond donors (Lipinski definition) is 2. The summed E-state index contributed by atoms with van der Waals surface area (Å²) < 4.78 is 46.3. The number of alkyl halides is 3. The molecule has 0 radical (unpaired) electrons. The highest BCUT2D eigenvalue weighted by atomic mass is 19.4. The molecule has 0 fully saturated rings. The molecular formula is C18H12F3N5O2. The molecule has 0 aliphatic rings. The van der Waals surface area contributed by atoms with Gasteiger partial charge in [0.05, 0.1) is 16.6 Å². The van der Waals surface area contributed by atoms with Crippen LogP contribution in [0.5, 0.6) is 0 Å². The largest absolute Gasteiger partial charge is 0.435 e. The van der Waals surface area contributed by atoms with Gasteiger partial charge < -0.3 is 15.6 Å². The number of benzene rings is 2. The molecule has 2 aromatic carbocycles. The Labute approximate surface area is 155 Å². The smallest absolute Gasteiger partial charge is 0.380 e. The second-order valence-electron chi connectivity index (χ2n) is 5.90. The van der Waals surface area contributed by atoms with E-state index in [1.54, 1.807) is 36.4 Å². The van der Waals surface area contributed by atoms with E-state index in [4.69, 9.17) is 10.3 Å². The Morgan fingerprint density at radius 3 is 2.61 bits per heavy atom. The van der Waals surface area contributed by atoms with E-state index in [1.165, 1.54) is 12.1 Å². The van der Waals surface area contributed by atoms with Crippen LogP contribution in [0.2, 0.25) is 0 Å². The maximum absolute atomic E-state index is 13.4. The molecule has 0 saturated heterocycles. The van der Waals surface area contributed by atoms with Gasteiger partial charge in [0, 0.05) is 18.0 Å². The van der Waals surface area contributed by atoms with E-state index in [1.807, 2.05) is 0 Å². The van der Waals surface area contributed by atoms with Gasteiger partial charge in [-0.25, -0.2) is 4.68 Å². The number of nitrogens with zero attached hydrogens (tertiary/aromatic N) is 3. The molecule has 10 heteroatoms. The number of nitrogens with one attached hydrogen (secondary N) is 1. The summed E-state index contributed by atoms with van der Waals surface area (Å²) in [7, 11) is 0. The predicted molar refractivity (Wildman–Crippen MR) is 94.9 cm³/mol. The summed E-state index contributed by atoms with van der Waals surface area (Å²) in [5.41, 5.74) is 4.65. The summed E-state index contributed by atoms with van der Waals surface area (Å²) in [6, 6.07) is 12.7. The lowest BCUT2D eigenvalue weighted by molar-refractivity contribution is -0.141. The number of anilines is 2. The average molecular weight is 387 g/mol. The summed E-state index contributed by atoms with van der Waals surface area (Å²) in [5.74, 6) is -0.754. The van der Waals surface area contributed by atoms with Crippen molar-refractivity contribution in [2.24, 2.45) is 0 Å². The zero-order chi connectivity index (χ0) is 19.9. The van der Waals surface area contributed by atoms with E-state index in [0.29, 0.717) is 11.1 Å². The molecule has 7 nitrogen and oxygen atoms in total. The molecule has 2 aromatic heterocycles. The Balaban J connectivity index is 1.75. The van der Waals surface area contributed by atoms with Crippen LogP contribution in [0.1, 0.15) is 16.1 Å². The molecule has 2 heterocycles. The quantitative estimate of drug-likeness (QED) is 0.556. The van der Waals surface area contributed by atoms with Crippen LogP contribution in [0.3, 0.4) is 0 Å². The number of halogens is 3. The highest BCUT2D eigenvalue weighted by Gasteiger charge is 2.39. The molecule has 0 unspecified atom stereocenters. The van der Waals surface area contributed by atoms with Crippen molar-refractivity contribution in [3.63, 3.8) is 0 Å². The van der Waals surface area contributed by atoms with E-state index in [9.17, 15) is 18.0 Å². The Morgan fingerprint density at radius 2 is 1.89 bits per heavy atom. The minimum atomic E-state index is -4.81. The van der Waals surface area contributed by atoms with Crippen LogP contribution in [0.15, 0.2) is 59.3 Å². The van der Waals surface area contributed by atoms with Crippen molar-refractivity contribution >= 4 is 28.4 Å². The highest BCUT2D eigenvalue weighted by molar-refractivity contribution is 6.05. The first-order chi connectivity index (χ1) is 13.3. The van der Waals surface area contributed by atoms with Crippen molar-refractivity contribution in [3.05, 3.63) is 66.0 Å². The van der Waals surface area contributed by atoms with Crippen molar-refractivity contribution in [1.82, 2.24) is 14.9 Å². The molecule has 3 N–H and O–H groups in total. The molecule has 28 heavy (non-hydrogen) atoms. The SMILES string of the molecule is Nc1noc2cc(-n3cc(C(=O)Nc4ccccc4)c(C(F)(F)F)n3)ccc12. The van der Waals surface area contributed by atoms with E-state index >= 15 is 0 Å². The normalized spacial score (nSPS) is 11.7. The lowest BCUT2D eigenvalue weighted by atomic mass is 10.2. The fourth-order valence-electron chi connectivity index (χ4n) is 2.69. The summed E-state index contributed by atoms with van der Waals surface area (Å²) >= 11 is 0. The number of carbonyl (C=O) groups excluding carboxylic acids is 1. The van der Waals surface area contributed by atoms with Crippen LogP contribution in [-0.4, -0.2) is 20.8 Å². The minimum absolute atomic E-state index is 0.168. The summed E-state index contributed by atoms with van der Waals surface area (Å²) in [4.78, 5) is 12.4. The Bertz CT molecular complexity index is 1170.